The molecule has 0 radical (unpaired) electrons. The van der Waals surface area contributed by atoms with E-state index >= 15 is 0 Å². The highest BCUT2D eigenvalue weighted by Crippen LogP contribution is 2.58. The van der Waals surface area contributed by atoms with Crippen LogP contribution in [0, 0.1) is 17.3 Å². The van der Waals surface area contributed by atoms with Crippen LogP contribution in [0.1, 0.15) is 47.0 Å². The van der Waals surface area contributed by atoms with Crippen molar-refractivity contribution in [3.8, 4) is 0 Å². The van der Waals surface area contributed by atoms with Crippen molar-refractivity contribution in [2.45, 2.75) is 52.9 Å². The quantitative estimate of drug-likeness (QED) is 0.615. The van der Waals surface area contributed by atoms with Crippen molar-refractivity contribution in [1.29, 1.82) is 0 Å². The first-order valence-electron chi connectivity index (χ1n) is 5.22. The van der Waals surface area contributed by atoms with Crippen molar-refractivity contribution in [3.63, 3.8) is 0 Å². The van der Waals surface area contributed by atoms with Crippen LogP contribution < -0.4 is 0 Å². The van der Waals surface area contributed by atoms with Crippen LogP contribution in [-0.4, -0.2) is 5.92 Å². The number of hydrogen-bond acceptors (Lipinski definition) is 0. The van der Waals surface area contributed by atoms with Crippen molar-refractivity contribution in [2.75, 3.05) is 0 Å². The summed E-state index contributed by atoms with van der Waals surface area (Å²) in [6, 6.07) is 0. The maximum absolute atomic E-state index is 13.8. The summed E-state index contributed by atoms with van der Waals surface area (Å²) < 4.78 is 27.5. The molecule has 0 amide bonds. The third-order valence-corrected chi connectivity index (χ3v) is 3.82. The molecule has 0 N–H and O–H groups in total. The van der Waals surface area contributed by atoms with Crippen molar-refractivity contribution < 1.29 is 8.78 Å². The fourth-order valence-electron chi connectivity index (χ4n) is 3.11. The average molecular weight is 190 g/mol. The van der Waals surface area contributed by atoms with Gasteiger partial charge in [-0.25, -0.2) is 8.78 Å². The van der Waals surface area contributed by atoms with Gasteiger partial charge in [-0.3, -0.25) is 0 Å². The zero-order valence-corrected chi connectivity index (χ0v) is 9.03. The Hall–Kier alpha value is -0.140. The van der Waals surface area contributed by atoms with Crippen molar-refractivity contribution >= 4 is 0 Å². The normalized spacial score (nSPS) is 25.8. The Balaban J connectivity index is 3.03. The van der Waals surface area contributed by atoms with Crippen LogP contribution in [0.2, 0.25) is 0 Å². The topological polar surface area (TPSA) is 0 Å². The molecule has 0 heterocycles. The molecule has 0 aromatic heterocycles. The van der Waals surface area contributed by atoms with Crippen LogP contribution in [0.4, 0.5) is 8.78 Å². The SMILES string of the molecule is CC(C)C1(C(C)C)CCCC1(F)F. The van der Waals surface area contributed by atoms with Gasteiger partial charge in [0.25, 0.3) is 5.92 Å². The molecule has 13 heavy (non-hydrogen) atoms. The smallest absolute Gasteiger partial charge is 0.206 e. The zero-order valence-electron chi connectivity index (χ0n) is 9.03. The van der Waals surface area contributed by atoms with Gasteiger partial charge in [0, 0.05) is 11.8 Å². The van der Waals surface area contributed by atoms with E-state index in [0.29, 0.717) is 12.8 Å². The van der Waals surface area contributed by atoms with Gasteiger partial charge in [0.15, 0.2) is 0 Å². The number of halogens is 2. The number of alkyl halides is 2. The van der Waals surface area contributed by atoms with Crippen molar-refractivity contribution in [1.82, 2.24) is 0 Å². The first-order valence-corrected chi connectivity index (χ1v) is 5.22. The summed E-state index contributed by atoms with van der Waals surface area (Å²) in [6.45, 7) is 7.72. The number of hydrogen-bond donors (Lipinski definition) is 0. The minimum Gasteiger partial charge on any atom is -0.206 e. The Kier molecular flexibility index (Phi) is 2.70. The maximum atomic E-state index is 13.8. The summed E-state index contributed by atoms with van der Waals surface area (Å²) in [5, 5.41) is 0. The zero-order chi connectivity index (χ0) is 10.3. The molecule has 0 aromatic carbocycles. The van der Waals surface area contributed by atoms with Gasteiger partial charge in [0.2, 0.25) is 0 Å². The summed E-state index contributed by atoms with van der Waals surface area (Å²) in [5.41, 5.74) is -0.743. The Morgan fingerprint density at radius 1 is 0.923 bits per heavy atom. The van der Waals surface area contributed by atoms with Crippen molar-refractivity contribution in [2.24, 2.45) is 17.3 Å². The van der Waals surface area contributed by atoms with E-state index in [9.17, 15) is 8.78 Å². The molecule has 0 aromatic rings. The molecule has 78 valence electrons. The standard InChI is InChI=1S/C11H20F2/c1-8(2)10(9(3)4)6-5-7-11(10,12)13/h8-9H,5-7H2,1-4H3. The second-order valence-electron chi connectivity index (χ2n) is 4.91. The van der Waals surface area contributed by atoms with Gasteiger partial charge in [-0.2, -0.15) is 0 Å². The first kappa shape index (κ1) is 10.9. The summed E-state index contributed by atoms with van der Waals surface area (Å²) >= 11 is 0. The fraction of sp³-hybridized carbons (Fsp3) is 1.00. The molecule has 0 atom stereocenters. The van der Waals surface area contributed by atoms with Crippen LogP contribution in [0.3, 0.4) is 0 Å². The number of rotatable bonds is 2. The second kappa shape index (κ2) is 3.21. The lowest BCUT2D eigenvalue weighted by Crippen LogP contribution is -2.44. The third-order valence-electron chi connectivity index (χ3n) is 3.82. The first-order chi connectivity index (χ1) is 5.84. The van der Waals surface area contributed by atoms with Gasteiger partial charge in [0.05, 0.1) is 0 Å². The monoisotopic (exact) mass is 190 g/mol. The van der Waals surface area contributed by atoms with Gasteiger partial charge in [-0.05, 0) is 24.7 Å². The van der Waals surface area contributed by atoms with Crippen LogP contribution in [0.15, 0.2) is 0 Å². The highest BCUT2D eigenvalue weighted by Gasteiger charge is 2.59. The summed E-state index contributed by atoms with van der Waals surface area (Å²) in [5.74, 6) is -2.30. The molecule has 0 nitrogen and oxygen atoms in total. The van der Waals surface area contributed by atoms with Gasteiger partial charge in [-0.1, -0.05) is 27.7 Å². The van der Waals surface area contributed by atoms with E-state index < -0.39 is 11.3 Å². The molecule has 0 saturated heterocycles. The van der Waals surface area contributed by atoms with Crippen LogP contribution >= 0.6 is 0 Å². The van der Waals surface area contributed by atoms with Gasteiger partial charge >= 0.3 is 0 Å². The summed E-state index contributed by atoms with van der Waals surface area (Å²) in [6.07, 6.45) is 1.46. The lowest BCUT2D eigenvalue weighted by Gasteiger charge is -2.42. The second-order valence-corrected chi connectivity index (χ2v) is 4.91. The summed E-state index contributed by atoms with van der Waals surface area (Å²) in [4.78, 5) is 0. The molecule has 2 heteroatoms. The largest absolute Gasteiger partial charge is 0.254 e. The Morgan fingerprint density at radius 2 is 1.38 bits per heavy atom. The average Bonchev–Trinajstić information content (AvgIpc) is 2.25. The molecule has 0 aliphatic heterocycles. The van der Waals surface area contributed by atoms with E-state index in [4.69, 9.17) is 0 Å². The molecule has 0 bridgehead atoms. The molecule has 0 spiro atoms. The highest BCUT2D eigenvalue weighted by atomic mass is 19.3. The lowest BCUT2D eigenvalue weighted by atomic mass is 9.66. The maximum Gasteiger partial charge on any atom is 0.254 e. The van der Waals surface area contributed by atoms with Crippen LogP contribution in [0.5, 0.6) is 0 Å². The van der Waals surface area contributed by atoms with Crippen LogP contribution in [0.25, 0.3) is 0 Å². The van der Waals surface area contributed by atoms with E-state index in [0.717, 1.165) is 0 Å². The minimum atomic E-state index is -2.45. The highest BCUT2D eigenvalue weighted by molar-refractivity contribution is 5.01. The predicted octanol–water partition coefficient (Wildman–Crippen LogP) is 4.10. The van der Waals surface area contributed by atoms with E-state index in [-0.39, 0.29) is 18.3 Å². The Bertz CT molecular complexity index is 175. The lowest BCUT2D eigenvalue weighted by molar-refractivity contribution is -0.145. The molecule has 0 unspecified atom stereocenters. The molecule has 1 aliphatic carbocycles. The van der Waals surface area contributed by atoms with Crippen molar-refractivity contribution in [3.05, 3.63) is 0 Å². The van der Waals surface area contributed by atoms with Gasteiger partial charge in [-0.15, -0.1) is 0 Å². The van der Waals surface area contributed by atoms with E-state index in [1.165, 1.54) is 0 Å². The predicted molar refractivity (Wildman–Crippen MR) is 50.9 cm³/mol. The van der Waals surface area contributed by atoms with Gasteiger partial charge in [0.1, 0.15) is 0 Å². The fourth-order valence-corrected chi connectivity index (χ4v) is 3.11. The van der Waals surface area contributed by atoms with E-state index in [1.807, 2.05) is 27.7 Å². The minimum absolute atomic E-state index is 0.0741. The third kappa shape index (κ3) is 1.38. The van der Waals surface area contributed by atoms with E-state index in [2.05, 4.69) is 0 Å². The molecule has 1 fully saturated rings. The Morgan fingerprint density at radius 3 is 1.54 bits per heavy atom. The van der Waals surface area contributed by atoms with Crippen LogP contribution in [-0.2, 0) is 0 Å². The van der Waals surface area contributed by atoms with E-state index in [1.54, 1.807) is 0 Å². The molecular weight excluding hydrogens is 170 g/mol. The van der Waals surface area contributed by atoms with Gasteiger partial charge < -0.3 is 0 Å². The molecule has 1 saturated carbocycles. The molecular formula is C11H20F2. The molecule has 1 rings (SSSR count). The Labute approximate surface area is 79.7 Å². The summed E-state index contributed by atoms with van der Waals surface area (Å²) in [7, 11) is 0. The molecule has 1 aliphatic rings.